The van der Waals surface area contributed by atoms with E-state index in [-0.39, 0.29) is 0 Å². The zero-order valence-electron chi connectivity index (χ0n) is 15.1. The van der Waals surface area contributed by atoms with E-state index in [9.17, 15) is 0 Å². The highest BCUT2D eigenvalue weighted by Gasteiger charge is 2.21. The lowest BCUT2D eigenvalue weighted by Gasteiger charge is -2.20. The van der Waals surface area contributed by atoms with Crippen molar-refractivity contribution < 1.29 is 0 Å². The summed E-state index contributed by atoms with van der Waals surface area (Å²) in [5, 5.41) is 4.98. The van der Waals surface area contributed by atoms with Crippen LogP contribution < -0.4 is 5.32 Å². The van der Waals surface area contributed by atoms with Crippen LogP contribution in [0.3, 0.4) is 0 Å². The minimum Gasteiger partial charge on any atom is -0.384 e. The third-order valence-electron chi connectivity index (χ3n) is 5.66. The van der Waals surface area contributed by atoms with Crippen LogP contribution in [0.4, 0.5) is 5.69 Å². The molecule has 1 aliphatic heterocycles. The number of aryl methyl sites for hydroxylation is 2. The zero-order valence-corrected chi connectivity index (χ0v) is 15.1. The molecule has 0 saturated carbocycles. The topological polar surface area (TPSA) is 28.2 Å². The minimum atomic E-state index is 0.975. The standard InChI is InChI=1S/C21H29N3/c1-3-15-12-18-20(13-16(15)14-24-10-5-6-11-24)23-19-9-7-8-17(19)21(18)22-4-2/h12-13H,3-11,14H2,1-2H3,(H,22,23). The van der Waals surface area contributed by atoms with Crippen molar-refractivity contribution in [3.05, 3.63) is 34.5 Å². The second-order valence-electron chi connectivity index (χ2n) is 7.27. The van der Waals surface area contributed by atoms with Gasteiger partial charge in [0, 0.05) is 29.9 Å². The smallest absolute Gasteiger partial charge is 0.0729 e. The molecule has 0 bridgehead atoms. The molecule has 0 spiro atoms. The normalized spacial score (nSPS) is 17.6. The van der Waals surface area contributed by atoms with Crippen molar-refractivity contribution in [2.45, 2.75) is 58.9 Å². The van der Waals surface area contributed by atoms with Gasteiger partial charge in [0.2, 0.25) is 0 Å². The van der Waals surface area contributed by atoms with Gasteiger partial charge in [0.05, 0.1) is 5.52 Å². The first kappa shape index (κ1) is 15.9. The van der Waals surface area contributed by atoms with Crippen LogP contribution in [0.2, 0.25) is 0 Å². The third-order valence-corrected chi connectivity index (χ3v) is 5.66. The fourth-order valence-corrected chi connectivity index (χ4v) is 4.43. The van der Waals surface area contributed by atoms with E-state index >= 15 is 0 Å². The van der Waals surface area contributed by atoms with E-state index < -0.39 is 0 Å². The first-order valence-electron chi connectivity index (χ1n) is 9.73. The lowest BCUT2D eigenvalue weighted by molar-refractivity contribution is 0.330. The van der Waals surface area contributed by atoms with Crippen LogP contribution in [0.25, 0.3) is 10.9 Å². The second-order valence-corrected chi connectivity index (χ2v) is 7.27. The molecule has 0 atom stereocenters. The molecular formula is C21H29N3. The van der Waals surface area contributed by atoms with Crippen molar-refractivity contribution in [3.63, 3.8) is 0 Å². The van der Waals surface area contributed by atoms with E-state index in [4.69, 9.17) is 4.98 Å². The Kier molecular flexibility index (Phi) is 4.45. The molecule has 1 fully saturated rings. The van der Waals surface area contributed by atoms with Gasteiger partial charge in [-0.2, -0.15) is 0 Å². The molecule has 2 aliphatic rings. The van der Waals surface area contributed by atoms with Crippen LogP contribution in [0.1, 0.15) is 55.5 Å². The summed E-state index contributed by atoms with van der Waals surface area (Å²) in [4.78, 5) is 7.65. The van der Waals surface area contributed by atoms with Gasteiger partial charge in [-0.3, -0.25) is 9.88 Å². The van der Waals surface area contributed by atoms with Crippen molar-refractivity contribution in [1.29, 1.82) is 0 Å². The number of likely N-dealkylation sites (tertiary alicyclic amines) is 1. The quantitative estimate of drug-likeness (QED) is 0.888. The molecule has 4 rings (SSSR count). The summed E-state index contributed by atoms with van der Waals surface area (Å²) >= 11 is 0. The minimum absolute atomic E-state index is 0.975. The number of pyridine rings is 1. The molecule has 0 amide bonds. The largest absolute Gasteiger partial charge is 0.384 e. The molecule has 2 aromatic rings. The Hall–Kier alpha value is -1.61. The highest BCUT2D eigenvalue weighted by molar-refractivity contribution is 5.94. The third kappa shape index (κ3) is 2.79. The number of aromatic nitrogens is 1. The van der Waals surface area contributed by atoms with E-state index in [1.165, 1.54) is 77.7 Å². The summed E-state index contributed by atoms with van der Waals surface area (Å²) in [6, 6.07) is 4.80. The average Bonchev–Trinajstić information content (AvgIpc) is 3.25. The van der Waals surface area contributed by atoms with Gasteiger partial charge in [-0.1, -0.05) is 6.92 Å². The van der Waals surface area contributed by atoms with Crippen LogP contribution in [-0.2, 0) is 25.8 Å². The number of hydrogen-bond donors (Lipinski definition) is 1. The van der Waals surface area contributed by atoms with E-state index in [2.05, 4.69) is 36.2 Å². The Morgan fingerprint density at radius 1 is 1.04 bits per heavy atom. The molecule has 2 heterocycles. The Bertz CT molecular complexity index is 745. The van der Waals surface area contributed by atoms with Gasteiger partial charge in [-0.15, -0.1) is 0 Å². The number of rotatable bonds is 5. The molecule has 3 heteroatoms. The van der Waals surface area contributed by atoms with Crippen molar-refractivity contribution in [1.82, 2.24) is 9.88 Å². The fourth-order valence-electron chi connectivity index (χ4n) is 4.43. The number of anilines is 1. The maximum atomic E-state index is 5.05. The number of fused-ring (bicyclic) bond motifs is 2. The van der Waals surface area contributed by atoms with Crippen LogP contribution >= 0.6 is 0 Å². The molecule has 1 saturated heterocycles. The Morgan fingerprint density at radius 2 is 1.88 bits per heavy atom. The average molecular weight is 323 g/mol. The molecule has 128 valence electrons. The molecule has 1 aromatic carbocycles. The van der Waals surface area contributed by atoms with Crippen LogP contribution in [0, 0.1) is 0 Å². The summed E-state index contributed by atoms with van der Waals surface area (Å²) < 4.78 is 0. The molecule has 0 unspecified atom stereocenters. The van der Waals surface area contributed by atoms with Crippen molar-refractivity contribution in [2.75, 3.05) is 25.0 Å². The van der Waals surface area contributed by atoms with Gasteiger partial charge in [0.25, 0.3) is 0 Å². The number of nitrogens with one attached hydrogen (secondary N) is 1. The number of hydrogen-bond acceptors (Lipinski definition) is 3. The van der Waals surface area contributed by atoms with Gasteiger partial charge < -0.3 is 5.32 Å². The zero-order chi connectivity index (χ0) is 16.5. The number of nitrogens with zero attached hydrogens (tertiary/aromatic N) is 2. The molecule has 24 heavy (non-hydrogen) atoms. The van der Waals surface area contributed by atoms with Crippen LogP contribution in [-0.4, -0.2) is 29.5 Å². The van der Waals surface area contributed by atoms with E-state index in [1.807, 2.05) is 0 Å². The van der Waals surface area contributed by atoms with Gasteiger partial charge >= 0.3 is 0 Å². The molecule has 1 aliphatic carbocycles. The van der Waals surface area contributed by atoms with Crippen molar-refractivity contribution in [3.8, 4) is 0 Å². The van der Waals surface area contributed by atoms with Gasteiger partial charge in [-0.25, -0.2) is 0 Å². The second kappa shape index (κ2) is 6.72. The first-order chi connectivity index (χ1) is 11.8. The van der Waals surface area contributed by atoms with Gasteiger partial charge in [0.15, 0.2) is 0 Å². The van der Waals surface area contributed by atoms with Gasteiger partial charge in [0.1, 0.15) is 0 Å². The maximum absolute atomic E-state index is 5.05. The predicted octanol–water partition coefficient (Wildman–Crippen LogP) is 4.31. The molecule has 1 N–H and O–H groups in total. The molecular weight excluding hydrogens is 294 g/mol. The van der Waals surface area contributed by atoms with Crippen LogP contribution in [0.15, 0.2) is 12.1 Å². The molecule has 3 nitrogen and oxygen atoms in total. The summed E-state index contributed by atoms with van der Waals surface area (Å²) in [6.45, 7) is 9.04. The van der Waals surface area contributed by atoms with E-state index in [0.29, 0.717) is 0 Å². The predicted molar refractivity (Wildman–Crippen MR) is 102 cm³/mol. The lowest BCUT2D eigenvalue weighted by Crippen LogP contribution is -2.19. The van der Waals surface area contributed by atoms with E-state index in [0.717, 1.165) is 25.9 Å². The van der Waals surface area contributed by atoms with Crippen molar-refractivity contribution in [2.24, 2.45) is 0 Å². The van der Waals surface area contributed by atoms with E-state index in [1.54, 1.807) is 0 Å². The lowest BCUT2D eigenvalue weighted by atomic mass is 9.98. The highest BCUT2D eigenvalue weighted by atomic mass is 15.1. The highest BCUT2D eigenvalue weighted by Crippen LogP contribution is 2.35. The number of benzene rings is 1. The summed E-state index contributed by atoms with van der Waals surface area (Å²) in [5.41, 5.74) is 8.33. The van der Waals surface area contributed by atoms with Crippen LogP contribution in [0.5, 0.6) is 0 Å². The van der Waals surface area contributed by atoms with Crippen molar-refractivity contribution >= 4 is 16.6 Å². The fraction of sp³-hybridized carbons (Fsp3) is 0.571. The molecule has 0 radical (unpaired) electrons. The summed E-state index contributed by atoms with van der Waals surface area (Å²) in [7, 11) is 0. The summed E-state index contributed by atoms with van der Waals surface area (Å²) in [5.74, 6) is 0. The Labute approximate surface area is 145 Å². The molecule has 1 aromatic heterocycles. The Balaban J connectivity index is 1.82. The van der Waals surface area contributed by atoms with Gasteiger partial charge in [-0.05, 0) is 87.4 Å². The maximum Gasteiger partial charge on any atom is 0.0729 e. The summed E-state index contributed by atoms with van der Waals surface area (Å²) in [6.07, 6.45) is 7.37. The SMILES string of the molecule is CCNc1c2c(nc3cc(CN4CCCC4)c(CC)cc13)CCC2. The Morgan fingerprint density at radius 3 is 2.62 bits per heavy atom. The monoisotopic (exact) mass is 323 g/mol. The first-order valence-corrected chi connectivity index (χ1v) is 9.73.